The highest BCUT2D eigenvalue weighted by atomic mass is 16.3. The highest BCUT2D eigenvalue weighted by molar-refractivity contribution is 5.95. The number of fused-ring (bicyclic) bond motifs is 1. The maximum atomic E-state index is 9.97. The second-order valence-electron chi connectivity index (χ2n) is 4.51. The summed E-state index contributed by atoms with van der Waals surface area (Å²) < 4.78 is 0. The Hall–Kier alpha value is -3.19. The zero-order valence-electron chi connectivity index (χ0n) is 11.1. The standard InChI is InChI=1S/C17H11N3O/c18-11-12-5-8-14(9-6-12)19-20-17-15-4-2-1-3-13(15)7-10-16(17)21/h1-10,21H. The summed E-state index contributed by atoms with van der Waals surface area (Å²) in [6, 6.07) is 19.9. The number of benzene rings is 3. The molecule has 3 rings (SSSR count). The minimum absolute atomic E-state index is 0.0890. The fraction of sp³-hybridized carbons (Fsp3) is 0. The van der Waals surface area contributed by atoms with E-state index in [-0.39, 0.29) is 5.75 Å². The SMILES string of the molecule is N#Cc1ccc(N=Nc2c(O)ccc3ccccc23)cc1. The van der Waals surface area contributed by atoms with Crippen molar-refractivity contribution in [3.63, 3.8) is 0 Å². The third kappa shape index (κ3) is 2.58. The minimum atomic E-state index is 0.0890. The van der Waals surface area contributed by atoms with Crippen molar-refractivity contribution in [2.45, 2.75) is 0 Å². The van der Waals surface area contributed by atoms with Crippen LogP contribution in [0.25, 0.3) is 10.8 Å². The lowest BCUT2D eigenvalue weighted by Crippen LogP contribution is -1.75. The minimum Gasteiger partial charge on any atom is -0.506 e. The molecule has 0 fully saturated rings. The number of aromatic hydroxyl groups is 1. The van der Waals surface area contributed by atoms with Gasteiger partial charge in [-0.15, -0.1) is 5.11 Å². The third-order valence-corrected chi connectivity index (χ3v) is 3.14. The summed E-state index contributed by atoms with van der Waals surface area (Å²) in [5.41, 5.74) is 1.64. The van der Waals surface area contributed by atoms with Gasteiger partial charge in [0.15, 0.2) is 0 Å². The van der Waals surface area contributed by atoms with Gasteiger partial charge in [0.05, 0.1) is 17.3 Å². The Balaban J connectivity index is 2.02. The molecule has 0 atom stereocenters. The molecular formula is C17H11N3O. The molecule has 0 radical (unpaired) electrons. The van der Waals surface area contributed by atoms with E-state index in [9.17, 15) is 5.11 Å². The smallest absolute Gasteiger partial charge is 0.143 e. The quantitative estimate of drug-likeness (QED) is 0.679. The van der Waals surface area contributed by atoms with Crippen molar-refractivity contribution < 1.29 is 5.11 Å². The number of nitrogens with zero attached hydrogens (tertiary/aromatic N) is 3. The van der Waals surface area contributed by atoms with Crippen LogP contribution in [0.2, 0.25) is 0 Å². The number of azo groups is 1. The molecule has 0 aliphatic rings. The first-order valence-corrected chi connectivity index (χ1v) is 6.40. The summed E-state index contributed by atoms with van der Waals surface area (Å²) in [4.78, 5) is 0. The molecule has 0 aromatic heterocycles. The van der Waals surface area contributed by atoms with Crippen LogP contribution in [0.3, 0.4) is 0 Å². The van der Waals surface area contributed by atoms with Crippen molar-refractivity contribution in [1.82, 2.24) is 0 Å². The average molecular weight is 273 g/mol. The van der Waals surface area contributed by atoms with Crippen LogP contribution in [-0.4, -0.2) is 5.11 Å². The van der Waals surface area contributed by atoms with Gasteiger partial charge in [-0.1, -0.05) is 30.3 Å². The molecule has 0 amide bonds. The molecule has 0 aliphatic heterocycles. The van der Waals surface area contributed by atoms with E-state index in [1.54, 1.807) is 30.3 Å². The largest absolute Gasteiger partial charge is 0.506 e. The van der Waals surface area contributed by atoms with Crippen LogP contribution in [0.4, 0.5) is 11.4 Å². The molecule has 1 N–H and O–H groups in total. The van der Waals surface area contributed by atoms with E-state index in [2.05, 4.69) is 10.2 Å². The van der Waals surface area contributed by atoms with Crippen LogP contribution in [0, 0.1) is 11.3 Å². The van der Waals surface area contributed by atoms with Crippen LogP contribution in [0.5, 0.6) is 5.75 Å². The summed E-state index contributed by atoms with van der Waals surface area (Å²) >= 11 is 0. The summed E-state index contributed by atoms with van der Waals surface area (Å²) in [6.45, 7) is 0. The van der Waals surface area contributed by atoms with Gasteiger partial charge in [0.25, 0.3) is 0 Å². The van der Waals surface area contributed by atoms with Crippen molar-refractivity contribution in [3.8, 4) is 11.8 Å². The zero-order valence-corrected chi connectivity index (χ0v) is 11.1. The maximum Gasteiger partial charge on any atom is 0.143 e. The van der Waals surface area contributed by atoms with E-state index in [4.69, 9.17) is 5.26 Å². The van der Waals surface area contributed by atoms with Crippen molar-refractivity contribution >= 4 is 22.1 Å². The van der Waals surface area contributed by atoms with Gasteiger partial charge < -0.3 is 5.11 Å². The lowest BCUT2D eigenvalue weighted by atomic mass is 10.1. The van der Waals surface area contributed by atoms with E-state index in [0.29, 0.717) is 16.9 Å². The van der Waals surface area contributed by atoms with Gasteiger partial charge in [-0.25, -0.2) is 0 Å². The fourth-order valence-corrected chi connectivity index (χ4v) is 2.06. The van der Waals surface area contributed by atoms with Gasteiger partial charge in [0.2, 0.25) is 0 Å². The monoisotopic (exact) mass is 273 g/mol. The van der Waals surface area contributed by atoms with Crippen molar-refractivity contribution in [2.75, 3.05) is 0 Å². The molecule has 100 valence electrons. The Morgan fingerprint density at radius 1 is 0.857 bits per heavy atom. The van der Waals surface area contributed by atoms with Crippen LogP contribution < -0.4 is 0 Å². The number of phenolic OH excluding ortho intramolecular Hbond substituents is 1. The Kier molecular flexibility index (Phi) is 3.32. The topological polar surface area (TPSA) is 68.7 Å². The van der Waals surface area contributed by atoms with E-state index in [1.807, 2.05) is 36.4 Å². The van der Waals surface area contributed by atoms with E-state index in [0.717, 1.165) is 10.8 Å². The molecule has 4 nitrogen and oxygen atoms in total. The summed E-state index contributed by atoms with van der Waals surface area (Å²) in [5.74, 6) is 0.0890. The molecule has 3 aromatic rings. The Labute approximate surface area is 121 Å². The normalized spacial score (nSPS) is 10.8. The summed E-state index contributed by atoms with van der Waals surface area (Å²) in [6.07, 6.45) is 0. The molecule has 21 heavy (non-hydrogen) atoms. The molecule has 0 aliphatic carbocycles. The van der Waals surface area contributed by atoms with Gasteiger partial charge in [0.1, 0.15) is 11.4 Å². The highest BCUT2D eigenvalue weighted by Crippen LogP contribution is 2.35. The van der Waals surface area contributed by atoms with Crippen molar-refractivity contribution in [1.29, 1.82) is 5.26 Å². The molecule has 0 saturated carbocycles. The lowest BCUT2D eigenvalue weighted by Gasteiger charge is -2.03. The van der Waals surface area contributed by atoms with E-state index < -0.39 is 0 Å². The Morgan fingerprint density at radius 2 is 1.62 bits per heavy atom. The molecule has 0 unspecified atom stereocenters. The van der Waals surface area contributed by atoms with Gasteiger partial charge >= 0.3 is 0 Å². The van der Waals surface area contributed by atoms with Gasteiger partial charge in [0, 0.05) is 5.39 Å². The van der Waals surface area contributed by atoms with Crippen molar-refractivity contribution in [3.05, 3.63) is 66.2 Å². The lowest BCUT2D eigenvalue weighted by molar-refractivity contribution is 0.477. The maximum absolute atomic E-state index is 9.97. The number of phenols is 1. The third-order valence-electron chi connectivity index (χ3n) is 3.14. The number of hydrogen-bond donors (Lipinski definition) is 1. The molecule has 0 heterocycles. The molecule has 0 bridgehead atoms. The molecule has 3 aromatic carbocycles. The van der Waals surface area contributed by atoms with E-state index >= 15 is 0 Å². The predicted octanol–water partition coefficient (Wildman–Crippen LogP) is 4.83. The Bertz CT molecular complexity index is 861. The first kappa shape index (κ1) is 12.8. The second-order valence-corrected chi connectivity index (χ2v) is 4.51. The molecular weight excluding hydrogens is 262 g/mol. The van der Waals surface area contributed by atoms with Crippen molar-refractivity contribution in [2.24, 2.45) is 10.2 Å². The summed E-state index contributed by atoms with van der Waals surface area (Å²) in [5, 5.41) is 28.8. The van der Waals surface area contributed by atoms with Crippen LogP contribution in [-0.2, 0) is 0 Å². The van der Waals surface area contributed by atoms with Gasteiger partial charge in [-0.05, 0) is 35.7 Å². The zero-order chi connectivity index (χ0) is 14.7. The fourth-order valence-electron chi connectivity index (χ4n) is 2.06. The number of rotatable bonds is 2. The van der Waals surface area contributed by atoms with Crippen LogP contribution >= 0.6 is 0 Å². The molecule has 4 heteroatoms. The first-order valence-electron chi connectivity index (χ1n) is 6.40. The first-order chi connectivity index (χ1) is 10.3. The summed E-state index contributed by atoms with van der Waals surface area (Å²) in [7, 11) is 0. The van der Waals surface area contributed by atoms with E-state index in [1.165, 1.54) is 0 Å². The molecule has 0 saturated heterocycles. The average Bonchev–Trinajstić information content (AvgIpc) is 2.54. The second kappa shape index (κ2) is 5.43. The van der Waals surface area contributed by atoms with Gasteiger partial charge in [-0.2, -0.15) is 10.4 Å². The Morgan fingerprint density at radius 3 is 2.38 bits per heavy atom. The van der Waals surface area contributed by atoms with Crippen LogP contribution in [0.15, 0.2) is 70.9 Å². The number of hydrogen-bond acceptors (Lipinski definition) is 4. The number of nitriles is 1. The van der Waals surface area contributed by atoms with Crippen LogP contribution in [0.1, 0.15) is 5.56 Å². The predicted molar refractivity (Wildman–Crippen MR) is 80.9 cm³/mol. The van der Waals surface area contributed by atoms with Gasteiger partial charge in [-0.3, -0.25) is 0 Å². The highest BCUT2D eigenvalue weighted by Gasteiger charge is 2.05. The molecule has 0 spiro atoms.